The predicted octanol–water partition coefficient (Wildman–Crippen LogP) is 6.53. The van der Waals surface area contributed by atoms with E-state index in [0.717, 1.165) is 32.1 Å². The molecule has 3 fully saturated rings. The average molecular weight is 535 g/mol. The molecule has 136 valence electrons. The van der Waals surface area contributed by atoms with Crippen molar-refractivity contribution in [2.45, 2.75) is 52.7 Å². The maximum atomic E-state index is 13.0. The predicted molar refractivity (Wildman–Crippen MR) is 112 cm³/mol. The molecular weight excluding hydrogens is 512 g/mol. The largest absolute Gasteiger partial charge is 0.360 e. The Bertz CT molecular complexity index is 584. The Hall–Kier alpha value is 0.290. The van der Waals surface area contributed by atoms with Crippen molar-refractivity contribution in [3.05, 3.63) is 48.9 Å². The van der Waals surface area contributed by atoms with Crippen molar-refractivity contribution in [1.29, 1.82) is 0 Å². The number of ether oxygens (including phenoxy) is 1. The number of halogens is 3. The number of fused-ring (bicyclic) bond motifs is 3. The molecule has 4 unspecified atom stereocenters. The SMILES string of the molecule is [CH2]CCC(CC(=O)[C]1OC2CCC1CC2C(Br)(Br)Br)c1ccccc1. The van der Waals surface area contributed by atoms with Crippen LogP contribution in [0.1, 0.15) is 50.0 Å². The zero-order chi connectivity index (χ0) is 18.0. The third-order valence-electron chi connectivity index (χ3n) is 5.39. The fraction of sp³-hybridized carbons (Fsp3) is 0.550. The monoisotopic (exact) mass is 532 g/mol. The molecule has 1 aliphatic carbocycles. The Balaban J connectivity index is 1.67. The number of alkyl halides is 3. The summed E-state index contributed by atoms with van der Waals surface area (Å²) in [5.74, 6) is 0.958. The number of carbonyl (C=O) groups is 1. The zero-order valence-corrected chi connectivity index (χ0v) is 18.9. The number of carbonyl (C=O) groups excluding carboxylic acids is 1. The van der Waals surface area contributed by atoms with E-state index in [9.17, 15) is 4.79 Å². The van der Waals surface area contributed by atoms with E-state index in [2.05, 4.69) is 66.8 Å². The summed E-state index contributed by atoms with van der Waals surface area (Å²) in [6.45, 7) is 3.98. The van der Waals surface area contributed by atoms with Crippen LogP contribution in [0.2, 0.25) is 0 Å². The Morgan fingerprint density at radius 3 is 2.52 bits per heavy atom. The molecule has 4 atom stereocenters. The lowest BCUT2D eigenvalue weighted by Gasteiger charge is -2.48. The van der Waals surface area contributed by atoms with E-state index in [1.165, 1.54) is 5.56 Å². The van der Waals surface area contributed by atoms with E-state index in [1.807, 2.05) is 18.2 Å². The highest BCUT2D eigenvalue weighted by atomic mass is 80.0. The van der Waals surface area contributed by atoms with Gasteiger partial charge in [0, 0.05) is 12.3 Å². The van der Waals surface area contributed by atoms with Gasteiger partial charge in [0.25, 0.3) is 0 Å². The van der Waals surface area contributed by atoms with Crippen molar-refractivity contribution >= 4 is 53.6 Å². The van der Waals surface area contributed by atoms with Crippen LogP contribution >= 0.6 is 47.8 Å². The van der Waals surface area contributed by atoms with Crippen molar-refractivity contribution in [1.82, 2.24) is 0 Å². The molecule has 1 aromatic rings. The topological polar surface area (TPSA) is 26.3 Å². The maximum absolute atomic E-state index is 13.0. The highest BCUT2D eigenvalue weighted by molar-refractivity contribution is 9.39. The molecule has 0 amide bonds. The van der Waals surface area contributed by atoms with Crippen LogP contribution in [0.4, 0.5) is 0 Å². The Labute approximate surface area is 175 Å². The highest BCUT2D eigenvalue weighted by Gasteiger charge is 2.51. The molecule has 2 saturated heterocycles. The van der Waals surface area contributed by atoms with E-state index in [0.29, 0.717) is 18.4 Å². The molecule has 2 aliphatic heterocycles. The number of benzene rings is 1. The molecule has 4 rings (SSSR count). The van der Waals surface area contributed by atoms with Gasteiger partial charge in [0.1, 0.15) is 2.14 Å². The Morgan fingerprint density at radius 2 is 1.96 bits per heavy atom. The van der Waals surface area contributed by atoms with Crippen LogP contribution in [0.5, 0.6) is 0 Å². The molecule has 1 aromatic carbocycles. The molecular formula is C20H23Br3O2. The van der Waals surface area contributed by atoms with Crippen LogP contribution in [-0.2, 0) is 9.53 Å². The van der Waals surface area contributed by atoms with Gasteiger partial charge in [-0.25, -0.2) is 0 Å². The summed E-state index contributed by atoms with van der Waals surface area (Å²) in [6, 6.07) is 10.3. The second-order valence-electron chi connectivity index (χ2n) is 7.06. The first-order valence-electron chi connectivity index (χ1n) is 8.87. The van der Waals surface area contributed by atoms with Crippen LogP contribution in [0, 0.1) is 24.9 Å². The molecule has 25 heavy (non-hydrogen) atoms. The van der Waals surface area contributed by atoms with E-state index < -0.39 is 0 Å². The summed E-state index contributed by atoms with van der Waals surface area (Å²) >= 11 is 10.9. The molecule has 2 heterocycles. The fourth-order valence-electron chi connectivity index (χ4n) is 4.10. The molecule has 2 radical (unpaired) electrons. The summed E-state index contributed by atoms with van der Waals surface area (Å²) in [4.78, 5) is 13.0. The van der Waals surface area contributed by atoms with Crippen LogP contribution in [-0.4, -0.2) is 14.0 Å². The van der Waals surface area contributed by atoms with E-state index >= 15 is 0 Å². The second kappa shape index (κ2) is 8.53. The quantitative estimate of drug-likeness (QED) is 0.388. The lowest BCUT2D eigenvalue weighted by atomic mass is 9.72. The number of rotatable bonds is 6. The summed E-state index contributed by atoms with van der Waals surface area (Å²) in [7, 11) is 0. The van der Waals surface area contributed by atoms with Crippen LogP contribution in [0.25, 0.3) is 0 Å². The van der Waals surface area contributed by atoms with Gasteiger partial charge in [0.2, 0.25) is 0 Å². The number of hydrogen-bond donors (Lipinski definition) is 0. The van der Waals surface area contributed by atoms with E-state index in [1.54, 1.807) is 0 Å². The lowest BCUT2D eigenvalue weighted by molar-refractivity contribution is -0.141. The van der Waals surface area contributed by atoms with Crippen molar-refractivity contribution < 1.29 is 9.53 Å². The summed E-state index contributed by atoms with van der Waals surface area (Å²) < 4.78 is 5.85. The van der Waals surface area contributed by atoms with Gasteiger partial charge < -0.3 is 4.74 Å². The van der Waals surface area contributed by atoms with Crippen molar-refractivity contribution in [2.75, 3.05) is 0 Å². The van der Waals surface area contributed by atoms with Crippen molar-refractivity contribution in [3.63, 3.8) is 0 Å². The van der Waals surface area contributed by atoms with E-state index in [4.69, 9.17) is 4.74 Å². The zero-order valence-electron chi connectivity index (χ0n) is 14.1. The van der Waals surface area contributed by atoms with Crippen molar-refractivity contribution in [2.24, 2.45) is 11.8 Å². The van der Waals surface area contributed by atoms with Gasteiger partial charge in [-0.3, -0.25) is 4.79 Å². The van der Waals surface area contributed by atoms with E-state index in [-0.39, 0.29) is 25.9 Å². The summed E-state index contributed by atoms with van der Waals surface area (Å²) in [5.41, 5.74) is 1.22. The first kappa shape index (κ1) is 20.0. The molecule has 1 saturated carbocycles. The molecule has 5 heteroatoms. The van der Waals surface area contributed by atoms with Gasteiger partial charge in [-0.05, 0) is 43.1 Å². The van der Waals surface area contributed by atoms with Gasteiger partial charge >= 0.3 is 0 Å². The summed E-state index contributed by atoms with van der Waals surface area (Å²) in [5, 5.41) is 0. The van der Waals surface area contributed by atoms with Crippen molar-refractivity contribution in [3.8, 4) is 0 Å². The standard InChI is InChI=1S/C20H23Br3O2/c1-2-6-14(13-7-4-3-5-8-13)12-17(24)19-15-9-10-18(25-19)16(11-15)20(21,22)23/h3-5,7-8,14-16,18H,1-2,6,9-12H2. The number of hydrogen-bond acceptors (Lipinski definition) is 2. The maximum Gasteiger partial charge on any atom is 0.169 e. The molecule has 0 N–H and O–H groups in total. The van der Waals surface area contributed by atoms with Gasteiger partial charge in [0.05, 0.1) is 6.10 Å². The first-order chi connectivity index (χ1) is 11.9. The minimum absolute atomic E-state index is 0.0880. The average Bonchev–Trinajstić information content (AvgIpc) is 2.61. The minimum atomic E-state index is -0.314. The Morgan fingerprint density at radius 1 is 1.24 bits per heavy atom. The first-order valence-corrected chi connectivity index (χ1v) is 11.3. The molecule has 3 aliphatic rings. The molecule has 2 bridgehead atoms. The summed E-state index contributed by atoms with van der Waals surface area (Å²) in [6.07, 6.45) is 6.11. The van der Waals surface area contributed by atoms with Gasteiger partial charge in [-0.2, -0.15) is 0 Å². The minimum Gasteiger partial charge on any atom is -0.360 e. The highest BCUT2D eigenvalue weighted by Crippen LogP contribution is 2.55. The number of Topliss-reactive ketones (excluding diaryl/α,β-unsaturated/α-hetero) is 1. The van der Waals surface area contributed by atoms with Crippen LogP contribution in [0.3, 0.4) is 0 Å². The van der Waals surface area contributed by atoms with Gasteiger partial charge in [0.15, 0.2) is 11.9 Å². The van der Waals surface area contributed by atoms with Gasteiger partial charge in [-0.15, -0.1) is 0 Å². The molecule has 2 nitrogen and oxygen atoms in total. The van der Waals surface area contributed by atoms with Crippen LogP contribution in [0.15, 0.2) is 30.3 Å². The fourth-order valence-corrected chi connectivity index (χ4v) is 5.55. The third kappa shape index (κ3) is 4.77. The Kier molecular flexibility index (Phi) is 6.84. The molecule has 0 aromatic heterocycles. The lowest BCUT2D eigenvalue weighted by Crippen LogP contribution is -2.49. The second-order valence-corrected chi connectivity index (χ2v) is 14.0. The number of ketones is 1. The molecule has 0 spiro atoms. The van der Waals surface area contributed by atoms with Gasteiger partial charge in [-0.1, -0.05) is 91.5 Å². The van der Waals surface area contributed by atoms with Crippen LogP contribution < -0.4 is 0 Å². The normalized spacial score (nSPS) is 28.1. The smallest absolute Gasteiger partial charge is 0.169 e. The third-order valence-corrected chi connectivity index (χ3v) is 7.15.